The molecule has 6 nitrogen and oxygen atoms in total. The lowest BCUT2D eigenvalue weighted by molar-refractivity contribution is -0.124. The number of anilines is 1. The quantitative estimate of drug-likeness (QED) is 0.399. The van der Waals surface area contributed by atoms with Crippen molar-refractivity contribution >= 4 is 28.7 Å². The highest BCUT2D eigenvalue weighted by Gasteiger charge is 2.25. The van der Waals surface area contributed by atoms with E-state index in [4.69, 9.17) is 9.15 Å². The molecule has 1 heterocycles. The molecule has 0 saturated heterocycles. The second-order valence-corrected chi connectivity index (χ2v) is 7.64. The first-order valence-electron chi connectivity index (χ1n) is 10.5. The number of benzene rings is 3. The number of esters is 1. The lowest BCUT2D eigenvalue weighted by atomic mass is 10.1. The highest BCUT2D eigenvalue weighted by molar-refractivity contribution is 6.00. The van der Waals surface area contributed by atoms with E-state index >= 15 is 0 Å². The summed E-state index contributed by atoms with van der Waals surface area (Å²) in [5.74, 6) is -0.647. The minimum Gasteiger partial charge on any atom is -0.449 e. The van der Waals surface area contributed by atoms with Crippen molar-refractivity contribution in [3.63, 3.8) is 0 Å². The van der Waals surface area contributed by atoms with Crippen LogP contribution in [0.2, 0.25) is 0 Å². The maximum atomic E-state index is 13.0. The summed E-state index contributed by atoms with van der Waals surface area (Å²) in [4.78, 5) is 30.3. The summed E-state index contributed by atoms with van der Waals surface area (Å²) in [6.07, 6.45) is -0.591. The fraction of sp³-hybridized carbons (Fsp3) is 0.192. The Labute approximate surface area is 186 Å². The van der Waals surface area contributed by atoms with Crippen LogP contribution in [0.1, 0.15) is 34.8 Å². The number of ether oxygens (including phenoxy) is 1. The highest BCUT2D eigenvalue weighted by Crippen LogP contribution is 2.28. The van der Waals surface area contributed by atoms with Gasteiger partial charge >= 0.3 is 5.97 Å². The van der Waals surface area contributed by atoms with Crippen LogP contribution in [0.15, 0.2) is 71.1 Å². The Morgan fingerprint density at radius 3 is 2.56 bits per heavy atom. The lowest BCUT2D eigenvalue weighted by Gasteiger charge is -2.18. The molecule has 0 bridgehead atoms. The Hall–Kier alpha value is -3.93. The minimum atomic E-state index is -0.931. The van der Waals surface area contributed by atoms with E-state index in [9.17, 15) is 9.59 Å². The monoisotopic (exact) mass is 428 g/mol. The molecule has 3 aromatic carbocycles. The van der Waals surface area contributed by atoms with Gasteiger partial charge in [-0.2, -0.15) is 0 Å². The Balaban J connectivity index is 1.56. The van der Waals surface area contributed by atoms with Gasteiger partial charge < -0.3 is 14.5 Å². The molecular weight excluding hydrogens is 404 g/mol. The number of hydrogen-bond acceptors (Lipinski definition) is 5. The Kier molecular flexibility index (Phi) is 6.03. The second kappa shape index (κ2) is 9.06. The topological polar surface area (TPSA) is 81.4 Å². The number of fused-ring (bicyclic) bond motifs is 1. The Bertz CT molecular complexity index is 1260. The lowest BCUT2D eigenvalue weighted by Crippen LogP contribution is -2.32. The molecule has 1 unspecified atom stereocenters. The van der Waals surface area contributed by atoms with E-state index in [1.807, 2.05) is 56.3 Å². The number of hydrogen-bond donors (Lipinski definition) is 1. The van der Waals surface area contributed by atoms with Crippen LogP contribution in [0.5, 0.6) is 0 Å². The van der Waals surface area contributed by atoms with E-state index in [0.717, 1.165) is 11.1 Å². The largest absolute Gasteiger partial charge is 0.449 e. The van der Waals surface area contributed by atoms with Gasteiger partial charge in [0.2, 0.25) is 5.89 Å². The molecule has 0 spiro atoms. The predicted molar refractivity (Wildman–Crippen MR) is 123 cm³/mol. The van der Waals surface area contributed by atoms with E-state index in [2.05, 4.69) is 10.3 Å². The van der Waals surface area contributed by atoms with Gasteiger partial charge in [-0.25, -0.2) is 9.78 Å². The average molecular weight is 428 g/mol. The molecule has 4 rings (SSSR count). The summed E-state index contributed by atoms with van der Waals surface area (Å²) >= 11 is 0. The van der Waals surface area contributed by atoms with E-state index in [-0.39, 0.29) is 11.5 Å². The van der Waals surface area contributed by atoms with Crippen molar-refractivity contribution in [1.29, 1.82) is 0 Å². The van der Waals surface area contributed by atoms with Gasteiger partial charge in [-0.05, 0) is 61.7 Å². The molecule has 0 radical (unpaired) electrons. The molecule has 0 fully saturated rings. The first-order valence-corrected chi connectivity index (χ1v) is 10.5. The van der Waals surface area contributed by atoms with Gasteiger partial charge in [-0.15, -0.1) is 0 Å². The first-order chi connectivity index (χ1) is 15.5. The number of nitrogens with one attached hydrogen (secondary N) is 1. The zero-order valence-electron chi connectivity index (χ0n) is 18.2. The van der Waals surface area contributed by atoms with Crippen molar-refractivity contribution in [3.05, 3.63) is 83.4 Å². The molecular formula is C26H24N2O4. The SMILES string of the molecule is CCC(OC(=O)c1ccccc1-c1nc2ccccc2o1)C(=O)Nc1cc(C)ccc1C. The van der Waals surface area contributed by atoms with Crippen LogP contribution in [0.4, 0.5) is 5.69 Å². The van der Waals surface area contributed by atoms with Crippen LogP contribution < -0.4 is 5.32 Å². The molecule has 32 heavy (non-hydrogen) atoms. The highest BCUT2D eigenvalue weighted by atomic mass is 16.5. The van der Waals surface area contributed by atoms with Crippen LogP contribution in [0.3, 0.4) is 0 Å². The minimum absolute atomic E-state index is 0.289. The summed E-state index contributed by atoms with van der Waals surface area (Å²) in [5, 5.41) is 2.88. The second-order valence-electron chi connectivity index (χ2n) is 7.64. The van der Waals surface area contributed by atoms with Crippen LogP contribution in [-0.2, 0) is 9.53 Å². The number of oxazole rings is 1. The third-order valence-electron chi connectivity index (χ3n) is 5.23. The van der Waals surface area contributed by atoms with Crippen molar-refractivity contribution < 1.29 is 18.7 Å². The van der Waals surface area contributed by atoms with Crippen molar-refractivity contribution in [3.8, 4) is 11.5 Å². The number of carbonyl (C=O) groups excluding carboxylic acids is 2. The zero-order chi connectivity index (χ0) is 22.7. The molecule has 6 heteroatoms. The third-order valence-corrected chi connectivity index (χ3v) is 5.23. The smallest absolute Gasteiger partial charge is 0.339 e. The predicted octanol–water partition coefficient (Wildman–Crippen LogP) is 5.69. The summed E-state index contributed by atoms with van der Waals surface area (Å²) in [6.45, 7) is 5.67. The summed E-state index contributed by atoms with van der Waals surface area (Å²) in [7, 11) is 0. The van der Waals surface area contributed by atoms with Crippen molar-refractivity contribution in [2.24, 2.45) is 0 Å². The van der Waals surface area contributed by atoms with E-state index in [0.29, 0.717) is 34.7 Å². The number of rotatable bonds is 6. The average Bonchev–Trinajstić information content (AvgIpc) is 3.24. The van der Waals surface area contributed by atoms with Gasteiger partial charge in [0.1, 0.15) is 5.52 Å². The van der Waals surface area contributed by atoms with E-state index in [1.165, 1.54) is 0 Å². The summed E-state index contributed by atoms with van der Waals surface area (Å²) in [5.41, 5.74) is 4.80. The number of para-hydroxylation sites is 2. The Morgan fingerprint density at radius 2 is 1.78 bits per heavy atom. The van der Waals surface area contributed by atoms with Crippen LogP contribution >= 0.6 is 0 Å². The van der Waals surface area contributed by atoms with Gasteiger partial charge in [0, 0.05) is 5.69 Å². The van der Waals surface area contributed by atoms with Gasteiger partial charge in [0.15, 0.2) is 11.7 Å². The number of aromatic nitrogens is 1. The van der Waals surface area contributed by atoms with Gasteiger partial charge in [0.25, 0.3) is 5.91 Å². The van der Waals surface area contributed by atoms with Crippen molar-refractivity contribution in [2.45, 2.75) is 33.3 Å². The summed E-state index contributed by atoms with van der Waals surface area (Å²) < 4.78 is 11.4. The van der Waals surface area contributed by atoms with Gasteiger partial charge in [-0.3, -0.25) is 4.79 Å². The molecule has 4 aromatic rings. The summed E-state index contributed by atoms with van der Waals surface area (Å²) in [6, 6.07) is 20.1. The van der Waals surface area contributed by atoms with Crippen LogP contribution in [0.25, 0.3) is 22.6 Å². The fourth-order valence-electron chi connectivity index (χ4n) is 3.43. The van der Waals surface area contributed by atoms with E-state index < -0.39 is 12.1 Å². The zero-order valence-corrected chi connectivity index (χ0v) is 18.2. The van der Waals surface area contributed by atoms with Gasteiger partial charge in [0.05, 0.1) is 11.1 Å². The number of nitrogens with zero attached hydrogens (tertiary/aromatic N) is 1. The molecule has 0 aliphatic heterocycles. The third kappa shape index (κ3) is 4.39. The molecule has 0 saturated carbocycles. The Morgan fingerprint density at radius 1 is 1.03 bits per heavy atom. The van der Waals surface area contributed by atoms with Crippen molar-refractivity contribution in [2.75, 3.05) is 5.32 Å². The maximum absolute atomic E-state index is 13.0. The standard InChI is InChI=1S/C26H24N2O4/c1-4-22(24(29)27-21-15-16(2)13-14-17(21)3)32-26(30)19-10-6-5-9-18(19)25-28-20-11-7-8-12-23(20)31-25/h5-15,22H,4H2,1-3H3,(H,27,29). The first kappa shape index (κ1) is 21.3. The van der Waals surface area contributed by atoms with E-state index in [1.54, 1.807) is 31.2 Å². The number of amides is 1. The molecule has 0 aliphatic carbocycles. The number of carbonyl (C=O) groups is 2. The molecule has 1 N–H and O–H groups in total. The molecule has 1 atom stereocenters. The molecule has 162 valence electrons. The van der Waals surface area contributed by atoms with Crippen molar-refractivity contribution in [1.82, 2.24) is 4.98 Å². The molecule has 1 amide bonds. The fourth-order valence-corrected chi connectivity index (χ4v) is 3.43. The van der Waals surface area contributed by atoms with Crippen LogP contribution in [0, 0.1) is 13.8 Å². The molecule has 1 aromatic heterocycles. The maximum Gasteiger partial charge on any atom is 0.339 e. The normalized spacial score (nSPS) is 11.8. The van der Waals surface area contributed by atoms with Crippen LogP contribution in [-0.4, -0.2) is 23.0 Å². The van der Waals surface area contributed by atoms with Gasteiger partial charge in [-0.1, -0.05) is 43.3 Å². The number of aryl methyl sites for hydroxylation is 2. The molecule has 0 aliphatic rings.